The maximum Gasteiger partial charge on any atom is 0.306 e. The van der Waals surface area contributed by atoms with Crippen LogP contribution in [-0.4, -0.2) is 94.4 Å². The van der Waals surface area contributed by atoms with Crippen molar-refractivity contribution in [1.29, 1.82) is 0 Å². The average molecular weight is 706 g/mol. The summed E-state index contributed by atoms with van der Waals surface area (Å²) in [4.78, 5) is 73.4. The van der Waals surface area contributed by atoms with Gasteiger partial charge in [-0.25, -0.2) is 4.98 Å². The van der Waals surface area contributed by atoms with Gasteiger partial charge in [0.25, 0.3) is 5.91 Å². The van der Waals surface area contributed by atoms with Crippen molar-refractivity contribution in [3.63, 3.8) is 0 Å². The van der Waals surface area contributed by atoms with Gasteiger partial charge in [-0.3, -0.25) is 28.9 Å². The number of piperidine rings is 1. The van der Waals surface area contributed by atoms with Gasteiger partial charge in [-0.15, -0.1) is 0 Å². The first-order chi connectivity index (χ1) is 24.2. The Hall–Kier alpha value is -4.32. The van der Waals surface area contributed by atoms with Gasteiger partial charge in [0.2, 0.25) is 11.8 Å². The molecule has 12 nitrogen and oxygen atoms in total. The molecule has 1 aromatic heterocycles. The first-order valence-electron chi connectivity index (χ1n) is 18.2. The maximum atomic E-state index is 14.1. The molecular formula is C39H55N5O7. The number of carboxylic acid groups (broad SMARTS) is 1. The fraction of sp³-hybridized carbons (Fsp3) is 0.590. The third-order valence-corrected chi connectivity index (χ3v) is 10.2. The van der Waals surface area contributed by atoms with Crippen LogP contribution in [0.1, 0.15) is 100 Å². The highest BCUT2D eigenvalue weighted by Crippen LogP contribution is 2.35. The van der Waals surface area contributed by atoms with Gasteiger partial charge in [0.15, 0.2) is 0 Å². The number of nitrogens with one attached hydrogen (secondary N) is 2. The van der Waals surface area contributed by atoms with Gasteiger partial charge in [0, 0.05) is 32.5 Å². The molecule has 1 aliphatic heterocycles. The molecular weight excluding hydrogens is 650 g/mol. The van der Waals surface area contributed by atoms with E-state index in [0.717, 1.165) is 44.2 Å². The van der Waals surface area contributed by atoms with E-state index in [1.165, 1.54) is 6.92 Å². The van der Waals surface area contributed by atoms with Gasteiger partial charge >= 0.3 is 11.9 Å². The minimum atomic E-state index is -0.947. The highest BCUT2D eigenvalue weighted by atomic mass is 16.5. The van der Waals surface area contributed by atoms with Crippen LogP contribution in [0.2, 0.25) is 0 Å². The Morgan fingerprint density at radius 3 is 2.27 bits per heavy atom. The number of likely N-dealkylation sites (N-methyl/N-ethyl adjacent to an activating group) is 2. The lowest BCUT2D eigenvalue weighted by Gasteiger charge is -2.37. The van der Waals surface area contributed by atoms with Crippen LogP contribution in [0.5, 0.6) is 0 Å². The Labute approximate surface area is 301 Å². The van der Waals surface area contributed by atoms with E-state index in [2.05, 4.69) is 20.5 Å². The van der Waals surface area contributed by atoms with Gasteiger partial charge in [0.05, 0.1) is 17.7 Å². The molecule has 1 saturated heterocycles. The van der Waals surface area contributed by atoms with Crippen molar-refractivity contribution in [2.45, 2.75) is 109 Å². The number of pyridine rings is 1. The SMILES string of the molecule is CC(=O)O[C@H](C[C@H](C(C)C)N(C)C(=O)[C@@H](NC(=O)[C@H]1CCCCN1C)C1CC1)c1cccc(C(=O)N[C@@H](Cc2ccccc2)C[C@H](C)C(=O)O)n1. The van der Waals surface area contributed by atoms with Crippen molar-refractivity contribution in [2.24, 2.45) is 17.8 Å². The predicted octanol–water partition coefficient (Wildman–Crippen LogP) is 4.39. The zero-order valence-electron chi connectivity index (χ0n) is 30.8. The highest BCUT2D eigenvalue weighted by molar-refractivity contribution is 5.92. The number of aromatic nitrogens is 1. The number of carboxylic acids is 1. The molecule has 0 spiro atoms. The molecule has 2 fully saturated rings. The van der Waals surface area contributed by atoms with Crippen LogP contribution in [0, 0.1) is 17.8 Å². The van der Waals surface area contributed by atoms with Crippen molar-refractivity contribution in [2.75, 3.05) is 20.6 Å². The number of likely N-dealkylation sites (tertiary alicyclic amines) is 1. The number of carbonyl (C=O) groups is 5. The number of ether oxygens (including phenoxy) is 1. The number of carbonyl (C=O) groups excluding carboxylic acids is 4. The Morgan fingerprint density at radius 2 is 1.67 bits per heavy atom. The summed E-state index contributed by atoms with van der Waals surface area (Å²) in [6, 6.07) is 12.7. The van der Waals surface area contributed by atoms with Gasteiger partial charge in [-0.05, 0) is 81.6 Å². The molecule has 6 atom stereocenters. The van der Waals surface area contributed by atoms with Gasteiger partial charge < -0.3 is 25.4 Å². The van der Waals surface area contributed by atoms with Crippen molar-refractivity contribution in [3.05, 3.63) is 65.5 Å². The lowest BCUT2D eigenvalue weighted by atomic mass is 9.93. The van der Waals surface area contributed by atoms with Crippen LogP contribution < -0.4 is 10.6 Å². The fourth-order valence-electron chi connectivity index (χ4n) is 7.01. The van der Waals surface area contributed by atoms with Gasteiger partial charge in [-0.2, -0.15) is 0 Å². The number of hydrogen-bond donors (Lipinski definition) is 3. The van der Waals surface area contributed by atoms with Crippen LogP contribution in [0.3, 0.4) is 0 Å². The van der Waals surface area contributed by atoms with Crippen LogP contribution >= 0.6 is 0 Å². The molecule has 12 heteroatoms. The van der Waals surface area contributed by atoms with Crippen LogP contribution in [0.4, 0.5) is 0 Å². The quantitative estimate of drug-likeness (QED) is 0.203. The number of esters is 1. The Bertz CT molecular complexity index is 1510. The molecule has 51 heavy (non-hydrogen) atoms. The minimum Gasteiger partial charge on any atom is -0.481 e. The summed E-state index contributed by atoms with van der Waals surface area (Å²) in [7, 11) is 3.68. The molecule has 2 aliphatic rings. The van der Waals surface area contributed by atoms with E-state index in [1.54, 1.807) is 37.1 Å². The molecule has 4 rings (SSSR count). The van der Waals surface area contributed by atoms with Crippen molar-refractivity contribution in [3.8, 4) is 0 Å². The van der Waals surface area contributed by atoms with Gasteiger partial charge in [-0.1, -0.05) is 63.6 Å². The maximum absolute atomic E-state index is 14.1. The van der Waals surface area contributed by atoms with Gasteiger partial charge in [0.1, 0.15) is 17.8 Å². The van der Waals surface area contributed by atoms with E-state index >= 15 is 0 Å². The predicted molar refractivity (Wildman–Crippen MR) is 192 cm³/mol. The Balaban J connectivity index is 1.52. The lowest BCUT2D eigenvalue weighted by molar-refractivity contribution is -0.149. The summed E-state index contributed by atoms with van der Waals surface area (Å²) in [5.74, 6) is -2.88. The summed E-state index contributed by atoms with van der Waals surface area (Å²) in [6.45, 7) is 7.74. The third-order valence-electron chi connectivity index (χ3n) is 10.2. The fourth-order valence-corrected chi connectivity index (χ4v) is 7.01. The zero-order chi connectivity index (χ0) is 37.2. The number of rotatable bonds is 17. The topological polar surface area (TPSA) is 158 Å². The molecule has 1 saturated carbocycles. The molecule has 3 amide bonds. The molecule has 0 radical (unpaired) electrons. The second kappa shape index (κ2) is 18.3. The summed E-state index contributed by atoms with van der Waals surface area (Å²) >= 11 is 0. The molecule has 0 unspecified atom stereocenters. The monoisotopic (exact) mass is 705 g/mol. The molecule has 1 aromatic carbocycles. The second-order valence-corrected chi connectivity index (χ2v) is 14.7. The summed E-state index contributed by atoms with van der Waals surface area (Å²) in [5, 5.41) is 15.6. The smallest absolute Gasteiger partial charge is 0.306 e. The van der Waals surface area contributed by atoms with E-state index in [-0.39, 0.29) is 54.3 Å². The Kier molecular flexibility index (Phi) is 14.1. The van der Waals surface area contributed by atoms with E-state index in [4.69, 9.17) is 4.74 Å². The minimum absolute atomic E-state index is 0.0431. The molecule has 2 heterocycles. The van der Waals surface area contributed by atoms with Crippen LogP contribution in [0.25, 0.3) is 0 Å². The van der Waals surface area contributed by atoms with Crippen molar-refractivity contribution < 1.29 is 33.8 Å². The lowest BCUT2D eigenvalue weighted by Crippen LogP contribution is -2.56. The van der Waals surface area contributed by atoms with Crippen LogP contribution in [-0.2, 0) is 30.3 Å². The van der Waals surface area contributed by atoms with Crippen molar-refractivity contribution in [1.82, 2.24) is 25.4 Å². The molecule has 278 valence electrons. The van der Waals surface area contributed by atoms with Crippen molar-refractivity contribution >= 4 is 29.7 Å². The number of amides is 3. The molecule has 0 bridgehead atoms. The molecule has 1 aliphatic carbocycles. The highest BCUT2D eigenvalue weighted by Gasteiger charge is 2.42. The summed E-state index contributed by atoms with van der Waals surface area (Å²) in [5.41, 5.74) is 1.41. The largest absolute Gasteiger partial charge is 0.481 e. The number of hydrogen-bond acceptors (Lipinski definition) is 8. The standard InChI is InChI=1S/C39H55N5O7/c1-24(2)33(44(6)38(48)35(28-18-19-28)42-37(47)32-17-10-11-20-43(32)5)23-34(51-26(4)45)30-15-12-16-31(41-30)36(46)40-29(21-25(3)39(49)50)22-27-13-8-7-9-14-27/h7-9,12-16,24-25,28-29,32-35H,10-11,17-23H2,1-6H3,(H,40,46)(H,42,47)(H,49,50)/t25-,29+,32+,33+,34+,35-/m0/s1. The molecule has 2 aromatic rings. The van der Waals surface area contributed by atoms with Crippen LogP contribution in [0.15, 0.2) is 48.5 Å². The normalized spacial score (nSPS) is 19.2. The van der Waals surface area contributed by atoms with E-state index in [9.17, 15) is 29.1 Å². The summed E-state index contributed by atoms with van der Waals surface area (Å²) < 4.78 is 5.79. The number of nitrogens with zero attached hydrogens (tertiary/aromatic N) is 3. The summed E-state index contributed by atoms with van der Waals surface area (Å²) in [6.07, 6.45) is 4.56. The van der Waals surface area contributed by atoms with E-state index in [1.807, 2.05) is 51.2 Å². The first-order valence-corrected chi connectivity index (χ1v) is 18.2. The molecule has 3 N–H and O–H groups in total. The number of benzene rings is 1. The third kappa shape index (κ3) is 11.3. The second-order valence-electron chi connectivity index (χ2n) is 14.7. The van der Waals surface area contributed by atoms with E-state index < -0.39 is 42.0 Å². The number of aliphatic carboxylic acids is 1. The van der Waals surface area contributed by atoms with E-state index in [0.29, 0.717) is 12.1 Å². The zero-order valence-corrected chi connectivity index (χ0v) is 30.8. The Morgan fingerprint density at radius 1 is 0.961 bits per heavy atom. The first kappa shape index (κ1) is 39.5. The average Bonchev–Trinajstić information content (AvgIpc) is 3.94.